The zero-order valence-corrected chi connectivity index (χ0v) is 12.8. The number of benzene rings is 1. The van der Waals surface area contributed by atoms with Crippen molar-refractivity contribution < 1.29 is 9.53 Å². The molecule has 1 aromatic carbocycles. The van der Waals surface area contributed by atoms with E-state index in [1.165, 1.54) is 0 Å². The summed E-state index contributed by atoms with van der Waals surface area (Å²) >= 11 is 15.2. The van der Waals surface area contributed by atoms with E-state index in [-0.39, 0.29) is 12.0 Å². The summed E-state index contributed by atoms with van der Waals surface area (Å²) in [4.78, 5) is 11.0. The molecule has 0 heterocycles. The molecule has 1 atom stereocenters. The molecule has 1 aromatic rings. The van der Waals surface area contributed by atoms with Crippen molar-refractivity contribution in [2.75, 3.05) is 0 Å². The lowest BCUT2D eigenvalue weighted by Crippen LogP contribution is -2.30. The maximum absolute atomic E-state index is 11.0. The second-order valence-corrected chi connectivity index (χ2v) is 5.40. The van der Waals surface area contributed by atoms with E-state index in [0.717, 1.165) is 0 Å². The second-order valence-electron chi connectivity index (χ2n) is 3.73. The largest absolute Gasteiger partial charge is 0.489 e. The first kappa shape index (κ1) is 15.6. The molecule has 0 bridgehead atoms. The number of carbonyl (C=O) groups is 1. The van der Waals surface area contributed by atoms with Crippen molar-refractivity contribution in [2.45, 2.75) is 25.9 Å². The van der Waals surface area contributed by atoms with Crippen LogP contribution in [0, 0.1) is 0 Å². The van der Waals surface area contributed by atoms with Gasteiger partial charge >= 0.3 is 0 Å². The van der Waals surface area contributed by atoms with Crippen molar-refractivity contribution in [2.24, 2.45) is 5.84 Å². The number of halogens is 3. The molecular formula is C11H13BrCl2N2O2. The SMILES string of the molecule is CC(CCC(=O)NN)Oc1cc(Cl)c(Br)cc1Cl. The van der Waals surface area contributed by atoms with E-state index in [9.17, 15) is 4.79 Å². The van der Waals surface area contributed by atoms with Gasteiger partial charge in [0.25, 0.3) is 0 Å². The molecule has 7 heteroatoms. The molecule has 18 heavy (non-hydrogen) atoms. The third kappa shape index (κ3) is 4.65. The molecule has 1 unspecified atom stereocenters. The Labute approximate surface area is 124 Å². The standard InChI is InChI=1S/C11H13BrCl2N2O2/c1-6(2-3-11(17)16-15)18-10-5-8(13)7(12)4-9(10)14/h4-6H,2-3,15H2,1H3,(H,16,17). The molecule has 0 saturated carbocycles. The lowest BCUT2D eigenvalue weighted by atomic mass is 10.2. The van der Waals surface area contributed by atoms with Gasteiger partial charge in [0.2, 0.25) is 5.91 Å². The van der Waals surface area contributed by atoms with Crippen LogP contribution in [0.15, 0.2) is 16.6 Å². The Morgan fingerprint density at radius 2 is 2.17 bits per heavy atom. The maximum atomic E-state index is 11.0. The van der Waals surface area contributed by atoms with Crippen molar-refractivity contribution in [3.63, 3.8) is 0 Å². The number of ether oxygens (including phenoxy) is 1. The van der Waals surface area contributed by atoms with E-state index in [4.69, 9.17) is 33.8 Å². The number of hydrazine groups is 1. The van der Waals surface area contributed by atoms with Gasteiger partial charge < -0.3 is 4.74 Å². The van der Waals surface area contributed by atoms with Crippen LogP contribution in [0.3, 0.4) is 0 Å². The third-order valence-corrected chi connectivity index (χ3v) is 3.73. The van der Waals surface area contributed by atoms with Crippen LogP contribution in [0.2, 0.25) is 10.0 Å². The summed E-state index contributed by atoms with van der Waals surface area (Å²) < 4.78 is 6.32. The highest BCUT2D eigenvalue weighted by molar-refractivity contribution is 9.10. The predicted molar refractivity (Wildman–Crippen MR) is 75.8 cm³/mol. The van der Waals surface area contributed by atoms with Crippen LogP contribution in [0.25, 0.3) is 0 Å². The molecule has 0 radical (unpaired) electrons. The molecule has 3 N–H and O–H groups in total. The smallest absolute Gasteiger partial charge is 0.234 e. The minimum atomic E-state index is -0.231. The fraction of sp³-hybridized carbons (Fsp3) is 0.364. The van der Waals surface area contributed by atoms with Crippen LogP contribution >= 0.6 is 39.1 Å². The molecule has 1 rings (SSSR count). The molecule has 0 fully saturated rings. The van der Waals surface area contributed by atoms with Crippen molar-refractivity contribution in [1.82, 2.24) is 5.43 Å². The van der Waals surface area contributed by atoms with Gasteiger partial charge in [0, 0.05) is 17.0 Å². The number of amides is 1. The van der Waals surface area contributed by atoms with E-state index in [0.29, 0.717) is 33.1 Å². The number of hydrogen-bond donors (Lipinski definition) is 2. The van der Waals surface area contributed by atoms with Crippen LogP contribution in [-0.4, -0.2) is 12.0 Å². The van der Waals surface area contributed by atoms with Crippen molar-refractivity contribution >= 4 is 45.0 Å². The van der Waals surface area contributed by atoms with Crippen LogP contribution in [0.5, 0.6) is 5.75 Å². The Morgan fingerprint density at radius 3 is 2.78 bits per heavy atom. The van der Waals surface area contributed by atoms with Crippen LogP contribution in [0.4, 0.5) is 0 Å². The zero-order valence-electron chi connectivity index (χ0n) is 9.67. The fourth-order valence-corrected chi connectivity index (χ4v) is 2.11. The minimum absolute atomic E-state index is 0.169. The normalized spacial score (nSPS) is 12.1. The summed E-state index contributed by atoms with van der Waals surface area (Å²) in [5.41, 5.74) is 2.06. The highest BCUT2D eigenvalue weighted by atomic mass is 79.9. The van der Waals surface area contributed by atoms with Gasteiger partial charge in [0.1, 0.15) is 5.75 Å². The Morgan fingerprint density at radius 1 is 1.50 bits per heavy atom. The molecule has 0 aliphatic rings. The van der Waals surface area contributed by atoms with E-state index >= 15 is 0 Å². The van der Waals surface area contributed by atoms with E-state index in [1.807, 2.05) is 6.92 Å². The van der Waals surface area contributed by atoms with E-state index in [1.54, 1.807) is 12.1 Å². The highest BCUT2D eigenvalue weighted by Crippen LogP contribution is 2.34. The second kappa shape index (κ2) is 7.19. The quantitative estimate of drug-likeness (QED) is 0.368. The monoisotopic (exact) mass is 354 g/mol. The Hall–Kier alpha value is -0.490. The van der Waals surface area contributed by atoms with Gasteiger partial charge in [-0.1, -0.05) is 23.2 Å². The maximum Gasteiger partial charge on any atom is 0.234 e. The average Bonchev–Trinajstić information content (AvgIpc) is 2.33. The molecule has 0 aromatic heterocycles. The molecule has 1 amide bonds. The van der Waals surface area contributed by atoms with Gasteiger partial charge in [0.15, 0.2) is 0 Å². The number of nitrogens with two attached hydrogens (primary N) is 1. The summed E-state index contributed by atoms with van der Waals surface area (Å²) in [6.07, 6.45) is 0.657. The first-order chi connectivity index (χ1) is 8.43. The van der Waals surface area contributed by atoms with Crippen LogP contribution in [0.1, 0.15) is 19.8 Å². The van der Waals surface area contributed by atoms with E-state index < -0.39 is 0 Å². The molecule has 4 nitrogen and oxygen atoms in total. The van der Waals surface area contributed by atoms with E-state index in [2.05, 4.69) is 21.4 Å². The molecule has 100 valence electrons. The van der Waals surface area contributed by atoms with Gasteiger partial charge in [-0.05, 0) is 35.3 Å². The molecule has 0 spiro atoms. The summed E-state index contributed by atoms with van der Waals surface area (Å²) in [6, 6.07) is 3.30. The van der Waals surface area contributed by atoms with Gasteiger partial charge in [-0.2, -0.15) is 0 Å². The lowest BCUT2D eigenvalue weighted by Gasteiger charge is -2.16. The molecular weight excluding hydrogens is 343 g/mol. The average molecular weight is 356 g/mol. The van der Waals surface area contributed by atoms with Crippen LogP contribution in [-0.2, 0) is 4.79 Å². The van der Waals surface area contributed by atoms with Crippen molar-refractivity contribution in [1.29, 1.82) is 0 Å². The van der Waals surface area contributed by atoms with Crippen molar-refractivity contribution in [3.05, 3.63) is 26.7 Å². The van der Waals surface area contributed by atoms with Crippen LogP contribution < -0.4 is 16.0 Å². The summed E-state index contributed by atoms with van der Waals surface area (Å²) in [5.74, 6) is 5.25. The number of hydrogen-bond acceptors (Lipinski definition) is 3. The van der Waals surface area contributed by atoms with Gasteiger partial charge in [-0.25, -0.2) is 5.84 Å². The third-order valence-electron chi connectivity index (χ3n) is 2.24. The Balaban J connectivity index is 2.61. The number of rotatable bonds is 5. The topological polar surface area (TPSA) is 64.4 Å². The number of carbonyl (C=O) groups excluding carboxylic acids is 1. The zero-order chi connectivity index (χ0) is 13.7. The van der Waals surface area contributed by atoms with Gasteiger partial charge in [-0.3, -0.25) is 10.2 Å². The first-order valence-electron chi connectivity index (χ1n) is 5.24. The molecule has 0 aliphatic heterocycles. The van der Waals surface area contributed by atoms with Gasteiger partial charge in [0.05, 0.1) is 16.1 Å². The highest BCUT2D eigenvalue weighted by Gasteiger charge is 2.11. The first-order valence-corrected chi connectivity index (χ1v) is 6.79. The lowest BCUT2D eigenvalue weighted by molar-refractivity contribution is -0.121. The Bertz CT molecular complexity index is 443. The predicted octanol–water partition coefficient (Wildman–Crippen LogP) is 3.29. The Kier molecular flexibility index (Phi) is 6.21. The summed E-state index contributed by atoms with van der Waals surface area (Å²) in [5, 5.41) is 0.975. The number of nitrogens with one attached hydrogen (secondary N) is 1. The van der Waals surface area contributed by atoms with Crippen molar-refractivity contribution in [3.8, 4) is 5.75 Å². The molecule has 0 aliphatic carbocycles. The summed E-state index contributed by atoms with van der Waals surface area (Å²) in [7, 11) is 0. The summed E-state index contributed by atoms with van der Waals surface area (Å²) in [6.45, 7) is 1.84. The molecule has 0 saturated heterocycles. The minimum Gasteiger partial charge on any atom is -0.489 e. The van der Waals surface area contributed by atoms with Gasteiger partial charge in [-0.15, -0.1) is 0 Å². The fourth-order valence-electron chi connectivity index (χ4n) is 1.28.